The highest BCUT2D eigenvalue weighted by atomic mass is 14.5. The van der Waals surface area contributed by atoms with E-state index in [1.54, 1.807) is 11.1 Å². The van der Waals surface area contributed by atoms with Crippen LogP contribution in [0.25, 0.3) is 0 Å². The van der Waals surface area contributed by atoms with E-state index in [4.69, 9.17) is 0 Å². The van der Waals surface area contributed by atoms with Gasteiger partial charge in [-0.05, 0) is 89.1 Å². The molecule has 0 N–H and O–H groups in total. The second kappa shape index (κ2) is 6.25. The molecule has 4 aliphatic carbocycles. The first-order valence-corrected chi connectivity index (χ1v) is 11.1. The van der Waals surface area contributed by atoms with E-state index in [1.165, 1.54) is 38.5 Å². The van der Waals surface area contributed by atoms with Crippen LogP contribution in [0.15, 0.2) is 23.3 Å². The molecular weight excluding hydrogens is 312 g/mol. The van der Waals surface area contributed by atoms with Crippen molar-refractivity contribution in [3.63, 3.8) is 0 Å². The van der Waals surface area contributed by atoms with Crippen LogP contribution in [0.4, 0.5) is 0 Å². The fourth-order valence-electron chi connectivity index (χ4n) is 6.49. The van der Waals surface area contributed by atoms with Gasteiger partial charge in [0, 0.05) is 0 Å². The lowest BCUT2D eigenvalue weighted by Gasteiger charge is -2.56. The summed E-state index contributed by atoms with van der Waals surface area (Å²) in [5.41, 5.74) is 4.34. The smallest absolute Gasteiger partial charge is 0.0104 e. The summed E-state index contributed by atoms with van der Waals surface area (Å²) in [5, 5.41) is 0. The fourth-order valence-corrected chi connectivity index (χ4v) is 6.49. The number of rotatable bonds is 2. The monoisotopic (exact) mass is 356 g/mol. The minimum atomic E-state index is 0.189. The van der Waals surface area contributed by atoms with Crippen LogP contribution in [0.1, 0.15) is 101 Å². The van der Waals surface area contributed by atoms with Crippen molar-refractivity contribution < 1.29 is 0 Å². The number of hydrogen-bond donors (Lipinski definition) is 0. The summed E-state index contributed by atoms with van der Waals surface area (Å²) in [6.45, 7) is 21.6. The number of hydrogen-bond acceptors (Lipinski definition) is 0. The molecule has 4 aliphatic rings. The van der Waals surface area contributed by atoms with Crippen molar-refractivity contribution in [3.8, 4) is 0 Å². The zero-order valence-corrected chi connectivity index (χ0v) is 19.1. The number of allylic oxidation sites excluding steroid dienone is 4. The first-order chi connectivity index (χ1) is 11.7. The molecule has 0 heterocycles. The Labute approximate surface area is 163 Å². The van der Waals surface area contributed by atoms with Gasteiger partial charge in [0.05, 0.1) is 0 Å². The van der Waals surface area contributed by atoms with Crippen molar-refractivity contribution in [2.75, 3.05) is 0 Å². The lowest BCUT2D eigenvalue weighted by atomic mass is 9.49. The highest BCUT2D eigenvalue weighted by Crippen LogP contribution is 2.62. The summed E-state index contributed by atoms with van der Waals surface area (Å²) in [4.78, 5) is 0. The molecule has 0 aromatic heterocycles. The quantitative estimate of drug-likeness (QED) is 0.437. The minimum absolute atomic E-state index is 0.189. The van der Waals surface area contributed by atoms with Gasteiger partial charge in [0.2, 0.25) is 0 Å². The molecule has 0 amide bonds. The molecule has 4 saturated carbocycles. The summed E-state index contributed by atoms with van der Waals surface area (Å²) in [5.74, 6) is 3.05. The molecule has 0 radical (unpaired) electrons. The molecule has 0 aromatic carbocycles. The van der Waals surface area contributed by atoms with E-state index in [0.717, 1.165) is 17.8 Å². The summed E-state index contributed by atoms with van der Waals surface area (Å²) >= 11 is 0. The van der Waals surface area contributed by atoms with Gasteiger partial charge in [0.1, 0.15) is 0 Å². The predicted molar refractivity (Wildman–Crippen MR) is 115 cm³/mol. The highest BCUT2D eigenvalue weighted by Gasteiger charge is 2.50. The van der Waals surface area contributed by atoms with Crippen LogP contribution < -0.4 is 0 Å². The molecule has 0 unspecified atom stereocenters. The molecule has 0 aliphatic heterocycles. The Kier molecular flexibility index (Phi) is 4.86. The third-order valence-electron chi connectivity index (χ3n) is 7.02. The van der Waals surface area contributed by atoms with Crippen LogP contribution in [0, 0.1) is 39.4 Å². The van der Waals surface area contributed by atoms with Gasteiger partial charge < -0.3 is 0 Å². The molecule has 26 heavy (non-hydrogen) atoms. The van der Waals surface area contributed by atoms with E-state index in [1.807, 2.05) is 0 Å². The average Bonchev–Trinajstić information content (AvgIpc) is 2.37. The standard InChI is InChI=1S/C26H44/c1-23(2,3)16-21(24(4,5)6)22(25(7,8)9)17-26-13-18-10-19(14-26)12-20(11-18)15-26/h16-20H,10-15H2,1-9H3/b21-16-,22-17+. The van der Waals surface area contributed by atoms with Crippen LogP contribution in [0.2, 0.25) is 0 Å². The van der Waals surface area contributed by atoms with Gasteiger partial charge in [-0.1, -0.05) is 74.5 Å². The van der Waals surface area contributed by atoms with Gasteiger partial charge >= 0.3 is 0 Å². The largest absolute Gasteiger partial charge is 0.0751 e. The maximum atomic E-state index is 2.82. The van der Waals surface area contributed by atoms with Gasteiger partial charge in [-0.25, -0.2) is 0 Å². The summed E-state index contributed by atoms with van der Waals surface area (Å²) in [6.07, 6.45) is 14.4. The molecule has 0 aromatic rings. The van der Waals surface area contributed by atoms with Crippen LogP contribution in [-0.2, 0) is 0 Å². The van der Waals surface area contributed by atoms with Gasteiger partial charge in [-0.2, -0.15) is 0 Å². The zero-order chi connectivity index (χ0) is 19.5. The Bertz CT molecular complexity index is 556. The third-order valence-corrected chi connectivity index (χ3v) is 7.02. The molecule has 4 fully saturated rings. The fraction of sp³-hybridized carbons (Fsp3) is 0.846. The topological polar surface area (TPSA) is 0 Å². The molecule has 0 heteroatoms. The zero-order valence-electron chi connectivity index (χ0n) is 19.1. The van der Waals surface area contributed by atoms with E-state index in [0.29, 0.717) is 5.41 Å². The normalized spacial score (nSPS) is 36.0. The molecule has 4 bridgehead atoms. The molecule has 4 rings (SSSR count). The maximum absolute atomic E-state index is 2.82. The van der Waals surface area contributed by atoms with E-state index in [-0.39, 0.29) is 16.2 Å². The van der Waals surface area contributed by atoms with E-state index in [2.05, 4.69) is 74.5 Å². The van der Waals surface area contributed by atoms with Gasteiger partial charge in [-0.3, -0.25) is 0 Å². The average molecular weight is 357 g/mol. The second-order valence-electron chi connectivity index (χ2n) is 13.3. The Morgan fingerprint density at radius 1 is 0.654 bits per heavy atom. The molecule has 0 nitrogen and oxygen atoms in total. The lowest BCUT2D eigenvalue weighted by molar-refractivity contribution is -0.0245. The van der Waals surface area contributed by atoms with Crippen LogP contribution in [-0.4, -0.2) is 0 Å². The van der Waals surface area contributed by atoms with Crippen molar-refractivity contribution in [2.45, 2.75) is 101 Å². The van der Waals surface area contributed by atoms with Crippen molar-refractivity contribution in [3.05, 3.63) is 23.3 Å². The van der Waals surface area contributed by atoms with Crippen LogP contribution in [0.5, 0.6) is 0 Å². The van der Waals surface area contributed by atoms with E-state index < -0.39 is 0 Å². The Morgan fingerprint density at radius 2 is 1.04 bits per heavy atom. The van der Waals surface area contributed by atoms with E-state index in [9.17, 15) is 0 Å². The van der Waals surface area contributed by atoms with Crippen LogP contribution in [0.3, 0.4) is 0 Å². The minimum Gasteiger partial charge on any atom is -0.0751 e. The Balaban J connectivity index is 2.09. The second-order valence-corrected chi connectivity index (χ2v) is 13.3. The van der Waals surface area contributed by atoms with Crippen molar-refractivity contribution in [1.29, 1.82) is 0 Å². The summed E-state index contributed by atoms with van der Waals surface area (Å²) in [6, 6.07) is 0. The van der Waals surface area contributed by atoms with E-state index >= 15 is 0 Å². The molecule has 0 spiro atoms. The molecule has 148 valence electrons. The van der Waals surface area contributed by atoms with Crippen LogP contribution >= 0.6 is 0 Å². The van der Waals surface area contributed by atoms with Gasteiger partial charge in [-0.15, -0.1) is 0 Å². The molecule has 0 saturated heterocycles. The third kappa shape index (κ3) is 4.31. The Morgan fingerprint density at radius 3 is 1.35 bits per heavy atom. The van der Waals surface area contributed by atoms with Crippen molar-refractivity contribution >= 4 is 0 Å². The van der Waals surface area contributed by atoms with Crippen molar-refractivity contribution in [2.24, 2.45) is 39.4 Å². The summed E-state index contributed by atoms with van der Waals surface area (Å²) in [7, 11) is 0. The molecular formula is C26H44. The van der Waals surface area contributed by atoms with Gasteiger partial charge in [0.15, 0.2) is 0 Å². The first-order valence-electron chi connectivity index (χ1n) is 11.1. The van der Waals surface area contributed by atoms with Crippen molar-refractivity contribution in [1.82, 2.24) is 0 Å². The first kappa shape index (κ1) is 20.2. The lowest BCUT2D eigenvalue weighted by Crippen LogP contribution is -2.45. The SMILES string of the molecule is CC(C)(C)/C=C(/C(=C\C12CC3CC(CC(C3)C1)C2)C(C)(C)C)C(C)(C)C. The van der Waals surface area contributed by atoms with Gasteiger partial charge in [0.25, 0.3) is 0 Å². The summed E-state index contributed by atoms with van der Waals surface area (Å²) < 4.78 is 0. The highest BCUT2D eigenvalue weighted by molar-refractivity contribution is 5.42. The molecule has 0 atom stereocenters. The predicted octanol–water partition coefficient (Wildman–Crippen LogP) is 8.19. The Hall–Kier alpha value is -0.520. The maximum Gasteiger partial charge on any atom is -0.0104 e.